The van der Waals surface area contributed by atoms with Crippen molar-refractivity contribution in [3.8, 4) is 0 Å². The number of nitrogens with zero attached hydrogens (tertiary/aromatic N) is 3. The van der Waals surface area contributed by atoms with Gasteiger partial charge in [0.15, 0.2) is 11.6 Å². The number of piperazine rings is 1. The van der Waals surface area contributed by atoms with E-state index in [1.54, 1.807) is 4.90 Å². The normalized spacial score (nSPS) is 14.0. The highest BCUT2D eigenvalue weighted by molar-refractivity contribution is 5.94. The lowest BCUT2D eigenvalue weighted by Gasteiger charge is -2.35. The van der Waals surface area contributed by atoms with Gasteiger partial charge in [-0.2, -0.15) is 0 Å². The fourth-order valence-corrected chi connectivity index (χ4v) is 3.58. The Labute approximate surface area is 176 Å². The van der Waals surface area contributed by atoms with E-state index in [2.05, 4.69) is 0 Å². The molecule has 0 N–H and O–H groups in total. The van der Waals surface area contributed by atoms with Crippen molar-refractivity contribution in [2.75, 3.05) is 39.3 Å². The number of amides is 3. The third-order valence-corrected chi connectivity index (χ3v) is 5.21. The molecule has 0 unspecified atom stereocenters. The van der Waals surface area contributed by atoms with Crippen LogP contribution in [0, 0.1) is 11.6 Å². The maximum Gasteiger partial charge on any atom is 0.254 e. The molecule has 1 aliphatic heterocycles. The lowest BCUT2D eigenvalue weighted by Crippen LogP contribution is -2.50. The van der Waals surface area contributed by atoms with Crippen LogP contribution in [0.5, 0.6) is 0 Å². The van der Waals surface area contributed by atoms with Crippen LogP contribution in [-0.2, 0) is 9.59 Å². The highest BCUT2D eigenvalue weighted by atomic mass is 19.2. The van der Waals surface area contributed by atoms with Gasteiger partial charge in [-0.3, -0.25) is 14.4 Å². The molecule has 1 aromatic rings. The zero-order valence-electron chi connectivity index (χ0n) is 17.8. The first-order valence-corrected chi connectivity index (χ1v) is 10.7. The average Bonchev–Trinajstić information content (AvgIpc) is 2.75. The molecule has 6 nitrogen and oxygen atoms in total. The van der Waals surface area contributed by atoms with E-state index in [0.29, 0.717) is 45.4 Å². The number of benzene rings is 1. The number of halogens is 2. The van der Waals surface area contributed by atoms with Crippen LogP contribution in [0.1, 0.15) is 56.3 Å². The Hall–Kier alpha value is -2.51. The highest BCUT2D eigenvalue weighted by Gasteiger charge is 2.25. The van der Waals surface area contributed by atoms with E-state index in [1.165, 1.54) is 11.0 Å². The third kappa shape index (κ3) is 6.50. The standard InChI is InChI=1S/C22H31F2N3O3/c1-3-10-25(11-4-2)20(28)6-5-7-21(29)26-12-14-27(15-13-26)22(30)17-8-9-18(23)19(24)16-17/h8-9,16H,3-7,10-15H2,1-2H3. The minimum Gasteiger partial charge on any atom is -0.343 e. The van der Waals surface area contributed by atoms with Crippen LogP contribution in [-0.4, -0.2) is 71.7 Å². The van der Waals surface area contributed by atoms with E-state index in [-0.39, 0.29) is 23.3 Å². The molecule has 1 saturated heterocycles. The Morgan fingerprint density at radius 1 is 0.900 bits per heavy atom. The Bertz CT molecular complexity index is 743. The van der Waals surface area contributed by atoms with Gasteiger partial charge in [0, 0.05) is 57.7 Å². The summed E-state index contributed by atoms with van der Waals surface area (Å²) in [4.78, 5) is 42.2. The molecular weight excluding hydrogens is 392 g/mol. The summed E-state index contributed by atoms with van der Waals surface area (Å²) in [5.41, 5.74) is 0.0934. The molecule has 0 saturated carbocycles. The molecule has 0 atom stereocenters. The van der Waals surface area contributed by atoms with E-state index in [9.17, 15) is 23.2 Å². The molecular formula is C22H31F2N3O3. The zero-order valence-corrected chi connectivity index (χ0v) is 17.8. The second-order valence-electron chi connectivity index (χ2n) is 7.54. The minimum absolute atomic E-state index is 0.0275. The van der Waals surface area contributed by atoms with Crippen LogP contribution >= 0.6 is 0 Å². The predicted octanol–water partition coefficient (Wildman–Crippen LogP) is 3.07. The Balaban J connectivity index is 1.76. The predicted molar refractivity (Wildman–Crippen MR) is 110 cm³/mol. The molecule has 0 bridgehead atoms. The van der Waals surface area contributed by atoms with Gasteiger partial charge in [-0.25, -0.2) is 8.78 Å². The molecule has 30 heavy (non-hydrogen) atoms. The molecule has 1 heterocycles. The fraction of sp³-hybridized carbons (Fsp3) is 0.591. The van der Waals surface area contributed by atoms with Crippen LogP contribution in [0.4, 0.5) is 8.78 Å². The van der Waals surface area contributed by atoms with Gasteiger partial charge < -0.3 is 14.7 Å². The quantitative estimate of drug-likeness (QED) is 0.613. The lowest BCUT2D eigenvalue weighted by atomic mass is 10.1. The summed E-state index contributed by atoms with van der Waals surface area (Å²) in [6.45, 7) is 7.02. The topological polar surface area (TPSA) is 60.9 Å². The van der Waals surface area contributed by atoms with E-state index in [1.807, 2.05) is 18.7 Å². The van der Waals surface area contributed by atoms with Gasteiger partial charge in [0.25, 0.3) is 5.91 Å². The van der Waals surface area contributed by atoms with Gasteiger partial charge in [0.1, 0.15) is 0 Å². The number of hydrogen-bond donors (Lipinski definition) is 0. The molecule has 1 fully saturated rings. The van der Waals surface area contributed by atoms with Crippen molar-refractivity contribution in [3.63, 3.8) is 0 Å². The first kappa shape index (κ1) is 23.8. The first-order chi connectivity index (χ1) is 14.4. The van der Waals surface area contributed by atoms with Crippen LogP contribution in [0.2, 0.25) is 0 Å². The summed E-state index contributed by atoms with van der Waals surface area (Å²) in [5.74, 6) is -2.36. The third-order valence-electron chi connectivity index (χ3n) is 5.21. The highest BCUT2D eigenvalue weighted by Crippen LogP contribution is 2.14. The second-order valence-corrected chi connectivity index (χ2v) is 7.54. The van der Waals surface area contributed by atoms with Gasteiger partial charge >= 0.3 is 0 Å². The van der Waals surface area contributed by atoms with Crippen molar-refractivity contribution < 1.29 is 23.2 Å². The molecule has 3 amide bonds. The maximum absolute atomic E-state index is 13.4. The Kier molecular flexibility index (Phi) is 9.20. The molecule has 1 aliphatic rings. The van der Waals surface area contributed by atoms with Gasteiger partial charge in [-0.15, -0.1) is 0 Å². The van der Waals surface area contributed by atoms with Crippen LogP contribution in [0.15, 0.2) is 18.2 Å². The molecule has 8 heteroatoms. The molecule has 0 aliphatic carbocycles. The summed E-state index contributed by atoms with van der Waals surface area (Å²) >= 11 is 0. The van der Waals surface area contributed by atoms with Crippen molar-refractivity contribution in [2.24, 2.45) is 0 Å². The summed E-state index contributed by atoms with van der Waals surface area (Å²) in [6, 6.07) is 3.09. The minimum atomic E-state index is -1.05. The number of carbonyl (C=O) groups excluding carboxylic acids is 3. The molecule has 2 rings (SSSR count). The largest absolute Gasteiger partial charge is 0.343 e. The summed E-state index contributed by atoms with van der Waals surface area (Å²) in [6.07, 6.45) is 3.00. The van der Waals surface area contributed by atoms with E-state index < -0.39 is 11.6 Å². The number of rotatable bonds is 9. The fourth-order valence-electron chi connectivity index (χ4n) is 3.58. The molecule has 166 valence electrons. The first-order valence-electron chi connectivity index (χ1n) is 10.7. The van der Waals surface area contributed by atoms with Crippen LogP contribution in [0.25, 0.3) is 0 Å². The Morgan fingerprint density at radius 3 is 2.07 bits per heavy atom. The van der Waals surface area contributed by atoms with Gasteiger partial charge in [-0.05, 0) is 37.5 Å². The average molecular weight is 424 g/mol. The summed E-state index contributed by atoms with van der Waals surface area (Å²) in [7, 11) is 0. The Morgan fingerprint density at radius 2 is 1.50 bits per heavy atom. The monoisotopic (exact) mass is 423 g/mol. The van der Waals surface area contributed by atoms with Gasteiger partial charge in [-0.1, -0.05) is 13.8 Å². The van der Waals surface area contributed by atoms with E-state index in [0.717, 1.165) is 38.1 Å². The zero-order chi connectivity index (χ0) is 22.1. The van der Waals surface area contributed by atoms with Crippen molar-refractivity contribution in [1.82, 2.24) is 14.7 Å². The molecule has 1 aromatic carbocycles. The maximum atomic E-state index is 13.4. The molecule has 0 spiro atoms. The summed E-state index contributed by atoms with van der Waals surface area (Å²) < 4.78 is 26.4. The van der Waals surface area contributed by atoms with Gasteiger partial charge in [0.05, 0.1) is 0 Å². The number of hydrogen-bond acceptors (Lipinski definition) is 3. The molecule has 0 aromatic heterocycles. The number of carbonyl (C=O) groups is 3. The summed E-state index contributed by atoms with van der Waals surface area (Å²) in [5, 5.41) is 0. The smallest absolute Gasteiger partial charge is 0.254 e. The van der Waals surface area contributed by atoms with E-state index in [4.69, 9.17) is 0 Å². The lowest BCUT2D eigenvalue weighted by molar-refractivity contribution is -0.133. The van der Waals surface area contributed by atoms with Crippen molar-refractivity contribution in [2.45, 2.75) is 46.0 Å². The second kappa shape index (κ2) is 11.6. The van der Waals surface area contributed by atoms with Crippen molar-refractivity contribution in [1.29, 1.82) is 0 Å². The van der Waals surface area contributed by atoms with Crippen LogP contribution < -0.4 is 0 Å². The van der Waals surface area contributed by atoms with Crippen molar-refractivity contribution >= 4 is 17.7 Å². The van der Waals surface area contributed by atoms with Gasteiger partial charge in [0.2, 0.25) is 11.8 Å². The van der Waals surface area contributed by atoms with E-state index >= 15 is 0 Å². The SMILES string of the molecule is CCCN(CCC)C(=O)CCCC(=O)N1CCN(C(=O)c2ccc(F)c(F)c2)CC1. The van der Waals surface area contributed by atoms with Crippen LogP contribution in [0.3, 0.4) is 0 Å². The van der Waals surface area contributed by atoms with Crippen molar-refractivity contribution in [3.05, 3.63) is 35.4 Å². The molecule has 0 radical (unpaired) electrons.